The van der Waals surface area contributed by atoms with Gasteiger partial charge in [-0.3, -0.25) is 19.1 Å². The zero-order chi connectivity index (χ0) is 27.4. The molecule has 2 aromatic heterocycles. The van der Waals surface area contributed by atoms with E-state index < -0.39 is 17.5 Å². The van der Waals surface area contributed by atoms with Crippen LogP contribution in [0.3, 0.4) is 0 Å². The molecular formula is C30H28FN5O3. The summed E-state index contributed by atoms with van der Waals surface area (Å²) in [7, 11) is 0. The summed E-state index contributed by atoms with van der Waals surface area (Å²) in [6, 6.07) is 17.9. The van der Waals surface area contributed by atoms with Gasteiger partial charge in [-0.25, -0.2) is 9.37 Å². The molecule has 1 amide bonds. The van der Waals surface area contributed by atoms with Gasteiger partial charge < -0.3 is 10.1 Å². The molecule has 39 heavy (non-hydrogen) atoms. The molecule has 4 aromatic rings. The Hall–Kier alpha value is -4.39. The SMILES string of the molecule is CC(NC(=O)c1c(-c2ccc(C#N)cc2)c2cccnc2n(CCN2CCOCC2)c1=O)c1ccc(F)cc1. The lowest BCUT2D eigenvalue weighted by Gasteiger charge is -2.27. The molecule has 3 heterocycles. The second-order valence-corrected chi connectivity index (χ2v) is 9.47. The maximum Gasteiger partial charge on any atom is 0.265 e. The highest BCUT2D eigenvalue weighted by molar-refractivity contribution is 6.08. The third kappa shape index (κ3) is 5.58. The number of carbonyl (C=O) groups excluding carboxylic acids is 1. The monoisotopic (exact) mass is 525 g/mol. The number of nitrogens with one attached hydrogen (secondary N) is 1. The van der Waals surface area contributed by atoms with Gasteiger partial charge in [-0.1, -0.05) is 24.3 Å². The van der Waals surface area contributed by atoms with E-state index in [9.17, 15) is 19.2 Å². The number of amides is 1. The van der Waals surface area contributed by atoms with Crippen molar-refractivity contribution in [3.8, 4) is 17.2 Å². The molecule has 0 spiro atoms. The van der Waals surface area contributed by atoms with E-state index in [2.05, 4.69) is 21.3 Å². The fraction of sp³-hybridized carbons (Fsp3) is 0.267. The predicted molar refractivity (Wildman–Crippen MR) is 146 cm³/mol. The number of ether oxygens (including phenoxy) is 1. The fourth-order valence-electron chi connectivity index (χ4n) is 4.88. The molecule has 2 aromatic carbocycles. The quantitative estimate of drug-likeness (QED) is 0.393. The van der Waals surface area contributed by atoms with Crippen LogP contribution >= 0.6 is 0 Å². The zero-order valence-corrected chi connectivity index (χ0v) is 21.6. The van der Waals surface area contributed by atoms with Crippen LogP contribution in [-0.4, -0.2) is 53.2 Å². The number of benzene rings is 2. The molecule has 5 rings (SSSR count). The molecule has 1 fully saturated rings. The minimum absolute atomic E-state index is 0.00357. The Morgan fingerprint density at radius 3 is 2.51 bits per heavy atom. The number of pyridine rings is 2. The van der Waals surface area contributed by atoms with Crippen molar-refractivity contribution in [1.82, 2.24) is 19.8 Å². The fourth-order valence-corrected chi connectivity index (χ4v) is 4.88. The summed E-state index contributed by atoms with van der Waals surface area (Å²) < 4.78 is 20.5. The molecule has 1 saturated heterocycles. The number of aromatic nitrogens is 2. The van der Waals surface area contributed by atoms with Gasteiger partial charge in [-0.15, -0.1) is 0 Å². The van der Waals surface area contributed by atoms with Crippen LogP contribution in [0, 0.1) is 17.1 Å². The van der Waals surface area contributed by atoms with Crippen molar-refractivity contribution in [1.29, 1.82) is 5.26 Å². The second-order valence-electron chi connectivity index (χ2n) is 9.47. The summed E-state index contributed by atoms with van der Waals surface area (Å²) in [6.07, 6.45) is 1.63. The molecule has 1 aliphatic heterocycles. The summed E-state index contributed by atoms with van der Waals surface area (Å²) in [5.41, 5.74) is 2.30. The largest absolute Gasteiger partial charge is 0.379 e. The van der Waals surface area contributed by atoms with Crippen molar-refractivity contribution in [3.63, 3.8) is 0 Å². The second kappa shape index (κ2) is 11.6. The van der Waals surface area contributed by atoms with Crippen molar-refractivity contribution in [2.24, 2.45) is 0 Å². The first-order chi connectivity index (χ1) is 19.0. The van der Waals surface area contributed by atoms with Gasteiger partial charge in [0.25, 0.3) is 11.5 Å². The number of fused-ring (bicyclic) bond motifs is 1. The number of hydrogen-bond donors (Lipinski definition) is 1. The van der Waals surface area contributed by atoms with Crippen molar-refractivity contribution in [3.05, 3.63) is 99.7 Å². The minimum atomic E-state index is -0.540. The third-order valence-electron chi connectivity index (χ3n) is 7.01. The maximum atomic E-state index is 14.1. The van der Waals surface area contributed by atoms with Gasteiger partial charge in [0.05, 0.1) is 30.9 Å². The Bertz CT molecular complexity index is 1590. The number of hydrogen-bond acceptors (Lipinski definition) is 6. The number of rotatable bonds is 7. The van der Waals surface area contributed by atoms with Crippen LogP contribution in [-0.2, 0) is 11.3 Å². The third-order valence-corrected chi connectivity index (χ3v) is 7.01. The van der Waals surface area contributed by atoms with Crippen molar-refractivity contribution in [2.45, 2.75) is 19.5 Å². The van der Waals surface area contributed by atoms with Gasteiger partial charge in [0.2, 0.25) is 0 Å². The number of nitriles is 1. The molecule has 0 bridgehead atoms. The van der Waals surface area contributed by atoms with E-state index >= 15 is 0 Å². The van der Waals surface area contributed by atoms with Crippen LogP contribution in [0.2, 0.25) is 0 Å². The van der Waals surface area contributed by atoms with Crippen LogP contribution in [0.4, 0.5) is 4.39 Å². The van der Waals surface area contributed by atoms with Gasteiger partial charge in [-0.05, 0) is 54.4 Å². The predicted octanol–water partition coefficient (Wildman–Crippen LogP) is 3.90. The molecule has 1 atom stereocenters. The Balaban J connectivity index is 1.63. The van der Waals surface area contributed by atoms with Crippen molar-refractivity contribution >= 4 is 16.9 Å². The highest BCUT2D eigenvalue weighted by Crippen LogP contribution is 2.30. The highest BCUT2D eigenvalue weighted by atomic mass is 19.1. The van der Waals surface area contributed by atoms with E-state index in [0.717, 1.165) is 13.1 Å². The van der Waals surface area contributed by atoms with Crippen LogP contribution in [0.25, 0.3) is 22.2 Å². The lowest BCUT2D eigenvalue weighted by Crippen LogP contribution is -2.41. The smallest absolute Gasteiger partial charge is 0.265 e. The Labute approximate surface area is 225 Å². The van der Waals surface area contributed by atoms with Crippen LogP contribution in [0.1, 0.15) is 34.5 Å². The van der Waals surface area contributed by atoms with Crippen molar-refractivity contribution in [2.75, 3.05) is 32.8 Å². The first-order valence-corrected chi connectivity index (χ1v) is 12.8. The molecule has 0 aliphatic carbocycles. The van der Waals surface area contributed by atoms with Gasteiger partial charge >= 0.3 is 0 Å². The molecule has 0 radical (unpaired) electrons. The van der Waals surface area contributed by atoms with Crippen LogP contribution in [0.15, 0.2) is 71.7 Å². The van der Waals surface area contributed by atoms with Crippen LogP contribution < -0.4 is 10.9 Å². The average molecular weight is 526 g/mol. The summed E-state index contributed by atoms with van der Waals surface area (Å²) >= 11 is 0. The molecule has 0 saturated carbocycles. The van der Waals surface area contributed by atoms with Gasteiger partial charge in [-0.2, -0.15) is 5.26 Å². The first-order valence-electron chi connectivity index (χ1n) is 12.8. The van der Waals surface area contributed by atoms with Gasteiger partial charge in [0.15, 0.2) is 0 Å². The molecule has 9 heteroatoms. The average Bonchev–Trinajstić information content (AvgIpc) is 2.97. The summed E-state index contributed by atoms with van der Waals surface area (Å²) in [6.45, 7) is 5.57. The molecule has 8 nitrogen and oxygen atoms in total. The maximum absolute atomic E-state index is 14.1. The van der Waals surface area contributed by atoms with E-state index in [1.165, 1.54) is 12.1 Å². The van der Waals surface area contributed by atoms with E-state index in [1.54, 1.807) is 60.2 Å². The van der Waals surface area contributed by atoms with E-state index in [1.807, 2.05) is 6.07 Å². The summed E-state index contributed by atoms with van der Waals surface area (Å²) in [4.78, 5) is 34.7. The van der Waals surface area contributed by atoms with E-state index in [4.69, 9.17) is 4.74 Å². The number of carbonyl (C=O) groups is 1. The minimum Gasteiger partial charge on any atom is -0.379 e. The summed E-state index contributed by atoms with van der Waals surface area (Å²) in [5, 5.41) is 12.9. The Morgan fingerprint density at radius 1 is 1.10 bits per heavy atom. The topological polar surface area (TPSA) is 100 Å². The number of nitrogens with zero attached hydrogens (tertiary/aromatic N) is 4. The van der Waals surface area contributed by atoms with Crippen LogP contribution in [0.5, 0.6) is 0 Å². The lowest BCUT2D eigenvalue weighted by molar-refractivity contribution is 0.0364. The molecule has 198 valence electrons. The number of halogens is 1. The molecule has 1 N–H and O–H groups in total. The Morgan fingerprint density at radius 2 is 1.82 bits per heavy atom. The van der Waals surface area contributed by atoms with E-state index in [-0.39, 0.29) is 11.4 Å². The Kier molecular flexibility index (Phi) is 7.77. The zero-order valence-electron chi connectivity index (χ0n) is 21.6. The molecular weight excluding hydrogens is 497 g/mol. The number of morpholine rings is 1. The molecule has 1 aliphatic rings. The van der Waals surface area contributed by atoms with Crippen molar-refractivity contribution < 1.29 is 13.9 Å². The normalized spacial score (nSPS) is 14.6. The van der Waals surface area contributed by atoms with Gasteiger partial charge in [0, 0.05) is 43.3 Å². The lowest BCUT2D eigenvalue weighted by atomic mass is 9.95. The van der Waals surface area contributed by atoms with Gasteiger partial charge in [0.1, 0.15) is 17.0 Å². The van der Waals surface area contributed by atoms with E-state index in [0.29, 0.717) is 59.6 Å². The highest BCUT2D eigenvalue weighted by Gasteiger charge is 2.25. The standard InChI is InChI=1S/C30H28FN5O3/c1-20(22-8-10-24(31)11-9-22)34-29(37)27-26(23-6-4-21(19-32)5-7-23)25-3-2-12-33-28(25)36(30(27)38)14-13-35-15-17-39-18-16-35/h2-12,20H,13-18H2,1H3,(H,34,37). The molecule has 1 unspecified atom stereocenters. The summed E-state index contributed by atoms with van der Waals surface area (Å²) in [5.74, 6) is -0.910. The first kappa shape index (κ1) is 26.2.